The lowest BCUT2D eigenvalue weighted by atomic mass is 9.53. The minimum Gasteiger partial charge on any atom is -0.458 e. The first-order chi connectivity index (χ1) is 38.4. The fourth-order valence-electron chi connectivity index (χ4n) is 15.4. The topological polar surface area (TPSA) is 35.9 Å². The average molecular weight is 1070 g/mol. The van der Waals surface area contributed by atoms with Crippen LogP contribution in [0.5, 0.6) is 11.5 Å². The molecule has 5 heteroatoms. The average Bonchev–Trinajstić information content (AvgIpc) is 3.70. The molecule has 14 rings (SSSR count). The number of fused-ring (bicyclic) bond motifs is 4. The first-order valence-electron chi connectivity index (χ1n) is 30.2. The van der Waals surface area contributed by atoms with Gasteiger partial charge in [-0.2, -0.15) is 0 Å². The number of para-hydroxylation sites is 4. The zero-order valence-corrected chi connectivity index (χ0v) is 50.3. The van der Waals surface area contributed by atoms with Crippen LogP contribution in [0.2, 0.25) is 0 Å². The first-order valence-corrected chi connectivity index (χ1v) is 30.2. The van der Waals surface area contributed by atoms with E-state index in [4.69, 9.17) is 9.72 Å². The van der Waals surface area contributed by atoms with E-state index in [0.717, 1.165) is 50.5 Å². The molecule has 0 aliphatic heterocycles. The minimum atomic E-state index is -0.0213. The van der Waals surface area contributed by atoms with Crippen LogP contribution in [0.4, 0.5) is 0 Å². The highest BCUT2D eigenvalue weighted by Gasteiger charge is 2.49. The van der Waals surface area contributed by atoms with Crippen molar-refractivity contribution in [3.05, 3.63) is 197 Å². The van der Waals surface area contributed by atoms with E-state index in [-0.39, 0.29) is 37.9 Å². The molecule has 81 heavy (non-hydrogen) atoms. The van der Waals surface area contributed by atoms with Crippen LogP contribution in [0.25, 0.3) is 72.3 Å². The van der Waals surface area contributed by atoms with Crippen LogP contribution in [0.15, 0.2) is 152 Å². The number of aromatic nitrogens is 4. The smallest absolute Gasteiger partial charge is 0.269 e. The molecule has 7 aromatic carbocycles. The van der Waals surface area contributed by atoms with Crippen molar-refractivity contribution in [2.45, 2.75) is 179 Å². The molecule has 0 N–H and O–H groups in total. The lowest BCUT2D eigenvalue weighted by Gasteiger charge is -2.51. The highest BCUT2D eigenvalue weighted by molar-refractivity contribution is 6.09. The Morgan fingerprint density at radius 1 is 0.481 bits per heavy atom. The molecule has 0 saturated heterocycles. The lowest BCUT2D eigenvalue weighted by molar-refractivity contribution is -0.571. The van der Waals surface area contributed by atoms with Crippen LogP contribution in [0.3, 0.4) is 0 Å². The van der Waals surface area contributed by atoms with E-state index in [9.17, 15) is 0 Å². The standard InChI is InChI=1S/C76H80N4O/c1-70(2,3)50-30-39-77-66(44-50)80-62-25-15-14-22-56(62)57-29-28-53(46-65(57)80)81-52-21-18-20-51(45-52)78-47-79(64-27-17-16-26-63(64)78)69-54(48-40-58-67-59(41-48)72(6,7)32-36-75(67,12)35-31-71(58,4)5)23-19-24-55(69)49-42-60-68-61(43-49)74(10,11)34-38-76(68,13)37-33-73(60,8)9/h14-30,39-46H,31-38H2,1-13H3. The van der Waals surface area contributed by atoms with Gasteiger partial charge in [0.1, 0.15) is 17.3 Å². The van der Waals surface area contributed by atoms with Gasteiger partial charge in [0.05, 0.1) is 33.4 Å². The Labute approximate surface area is 481 Å². The van der Waals surface area contributed by atoms with Gasteiger partial charge in [0, 0.05) is 23.0 Å². The first kappa shape index (κ1) is 51.9. The number of imidazole rings is 1. The van der Waals surface area contributed by atoms with Gasteiger partial charge in [0.15, 0.2) is 0 Å². The van der Waals surface area contributed by atoms with Gasteiger partial charge in [-0.25, -0.2) is 4.98 Å². The molecule has 3 aromatic heterocycles. The normalized spacial score (nSPS) is 18.9. The van der Waals surface area contributed by atoms with Crippen molar-refractivity contribution in [1.82, 2.24) is 14.1 Å². The molecular formula is C76H80N4O. The molecule has 0 bridgehead atoms. The largest absolute Gasteiger partial charge is 0.458 e. The number of nitrogens with zero attached hydrogens (tertiary/aromatic N) is 4. The maximum Gasteiger partial charge on any atom is 0.269 e. The highest BCUT2D eigenvalue weighted by Crippen LogP contribution is 2.59. The number of rotatable bonds is 7. The summed E-state index contributed by atoms with van der Waals surface area (Å²) in [6.45, 7) is 31.9. The van der Waals surface area contributed by atoms with Crippen LogP contribution in [-0.4, -0.2) is 14.1 Å². The Kier molecular flexibility index (Phi) is 11.3. The predicted octanol–water partition coefficient (Wildman–Crippen LogP) is 19.4. The fourth-order valence-corrected chi connectivity index (χ4v) is 15.4. The van der Waals surface area contributed by atoms with E-state index in [1.807, 2.05) is 6.20 Å². The van der Waals surface area contributed by atoms with Gasteiger partial charge in [-0.1, -0.05) is 181 Å². The number of benzene rings is 7. The summed E-state index contributed by atoms with van der Waals surface area (Å²) in [5, 5.41) is 2.35. The van der Waals surface area contributed by atoms with Gasteiger partial charge in [0.25, 0.3) is 6.33 Å². The second kappa shape index (κ2) is 17.6. The summed E-state index contributed by atoms with van der Waals surface area (Å²) in [5.41, 5.74) is 22.7. The molecule has 4 aliphatic carbocycles. The Bertz CT molecular complexity index is 4040. The van der Waals surface area contributed by atoms with Crippen molar-refractivity contribution < 1.29 is 9.30 Å². The van der Waals surface area contributed by atoms with E-state index in [1.165, 1.54) is 113 Å². The maximum atomic E-state index is 6.94. The molecule has 0 radical (unpaired) electrons. The van der Waals surface area contributed by atoms with Crippen molar-refractivity contribution >= 4 is 32.8 Å². The number of ether oxygens (including phenoxy) is 1. The quantitative estimate of drug-likeness (QED) is 0.118. The molecule has 0 unspecified atom stereocenters. The van der Waals surface area contributed by atoms with Gasteiger partial charge in [-0.05, 0) is 199 Å². The Balaban J connectivity index is 0.959. The van der Waals surface area contributed by atoms with Crippen molar-refractivity contribution in [2.24, 2.45) is 0 Å². The van der Waals surface area contributed by atoms with E-state index >= 15 is 0 Å². The van der Waals surface area contributed by atoms with Crippen LogP contribution in [0.1, 0.15) is 180 Å². The third-order valence-corrected chi connectivity index (χ3v) is 20.8. The number of pyridine rings is 1. The SMILES string of the molecule is CC(C)(C)c1ccnc(-n2c3ccccc3c3ccc(Oc4cccc(-n5[c-][n+](-c6c(-c7cc8c9c(c7)C(C)(C)CCC9(C)CCC8(C)C)cccc6-c6cc7c8c(c6)C(C)(C)CCC8(C)CCC7(C)C)c6ccccc65)c4)cc32)c1. The van der Waals surface area contributed by atoms with E-state index in [1.54, 1.807) is 11.1 Å². The van der Waals surface area contributed by atoms with Crippen LogP contribution < -0.4 is 9.30 Å². The molecule has 10 aromatic rings. The zero-order chi connectivity index (χ0) is 56.4. The van der Waals surface area contributed by atoms with Crippen molar-refractivity contribution in [1.29, 1.82) is 0 Å². The van der Waals surface area contributed by atoms with E-state index in [0.29, 0.717) is 0 Å². The Hall–Kier alpha value is -7.24. The monoisotopic (exact) mass is 1060 g/mol. The summed E-state index contributed by atoms with van der Waals surface area (Å²) in [6.07, 6.45) is 15.7. The third kappa shape index (κ3) is 8.12. The Morgan fingerprint density at radius 2 is 0.988 bits per heavy atom. The molecule has 0 atom stereocenters. The number of hydrogen-bond acceptors (Lipinski definition) is 2. The summed E-state index contributed by atoms with van der Waals surface area (Å²) in [4.78, 5) is 4.95. The molecule has 0 amide bonds. The van der Waals surface area contributed by atoms with Gasteiger partial charge in [0.2, 0.25) is 0 Å². The van der Waals surface area contributed by atoms with Gasteiger partial charge in [-0.3, -0.25) is 13.7 Å². The summed E-state index contributed by atoms with van der Waals surface area (Å²) in [7, 11) is 0. The second-order valence-corrected chi connectivity index (χ2v) is 29.3. The fraction of sp³-hybridized carbons (Fsp3) is 0.368. The van der Waals surface area contributed by atoms with E-state index < -0.39 is 0 Å². The van der Waals surface area contributed by atoms with Crippen LogP contribution in [-0.2, 0) is 37.9 Å². The highest BCUT2D eigenvalue weighted by atomic mass is 16.5. The summed E-state index contributed by atoms with van der Waals surface area (Å²) < 4.78 is 13.9. The minimum absolute atomic E-state index is 0.0213. The molecule has 4 aliphatic rings. The molecule has 0 fully saturated rings. The van der Waals surface area contributed by atoms with Crippen LogP contribution in [0, 0.1) is 6.33 Å². The third-order valence-electron chi connectivity index (χ3n) is 20.8. The van der Waals surface area contributed by atoms with Crippen LogP contribution >= 0.6 is 0 Å². The van der Waals surface area contributed by atoms with Gasteiger partial charge in [-0.15, -0.1) is 0 Å². The van der Waals surface area contributed by atoms with Crippen molar-refractivity contribution in [2.75, 3.05) is 0 Å². The summed E-state index contributed by atoms with van der Waals surface area (Å²) in [5.74, 6) is 2.41. The van der Waals surface area contributed by atoms with Gasteiger partial charge >= 0.3 is 0 Å². The summed E-state index contributed by atoms with van der Waals surface area (Å²) in [6, 6.07) is 54.5. The molecule has 0 spiro atoms. The van der Waals surface area contributed by atoms with Gasteiger partial charge < -0.3 is 4.74 Å². The lowest BCUT2D eigenvalue weighted by Crippen LogP contribution is -2.43. The van der Waals surface area contributed by atoms with Crippen molar-refractivity contribution in [3.8, 4) is 50.9 Å². The zero-order valence-electron chi connectivity index (χ0n) is 50.3. The van der Waals surface area contributed by atoms with Crippen molar-refractivity contribution in [3.63, 3.8) is 0 Å². The second-order valence-electron chi connectivity index (χ2n) is 29.3. The maximum absolute atomic E-state index is 6.94. The predicted molar refractivity (Wildman–Crippen MR) is 336 cm³/mol. The van der Waals surface area contributed by atoms with E-state index in [2.05, 4.69) is 256 Å². The molecular weight excluding hydrogens is 985 g/mol. The summed E-state index contributed by atoms with van der Waals surface area (Å²) >= 11 is 0. The Morgan fingerprint density at radius 3 is 1.56 bits per heavy atom. The molecule has 5 nitrogen and oxygen atoms in total. The molecule has 410 valence electrons. The molecule has 0 saturated carbocycles. The molecule has 3 heterocycles. The number of hydrogen-bond donors (Lipinski definition) is 0.